The predicted octanol–water partition coefficient (Wildman–Crippen LogP) is 3.10. The maximum absolute atomic E-state index is 12.7. The van der Waals surface area contributed by atoms with E-state index in [4.69, 9.17) is 0 Å². The summed E-state index contributed by atoms with van der Waals surface area (Å²) in [6.07, 6.45) is 1.85. The van der Waals surface area contributed by atoms with Gasteiger partial charge in [-0.3, -0.25) is 4.68 Å². The summed E-state index contributed by atoms with van der Waals surface area (Å²) in [6, 6.07) is 5.19. The van der Waals surface area contributed by atoms with Crippen LogP contribution in [0.2, 0.25) is 0 Å². The summed E-state index contributed by atoms with van der Waals surface area (Å²) in [5, 5.41) is 4.37. The van der Waals surface area contributed by atoms with Crippen LogP contribution in [0.4, 0.5) is 0 Å². The Morgan fingerprint density at radius 2 is 1.95 bits per heavy atom. The van der Waals surface area contributed by atoms with Crippen LogP contribution < -0.4 is 0 Å². The summed E-state index contributed by atoms with van der Waals surface area (Å²) in [7, 11) is -1.96. The van der Waals surface area contributed by atoms with Crippen LogP contribution in [-0.4, -0.2) is 29.6 Å². The van der Waals surface area contributed by atoms with Crippen LogP contribution in [0.15, 0.2) is 33.8 Å². The fourth-order valence-electron chi connectivity index (χ4n) is 2.06. The van der Waals surface area contributed by atoms with Crippen molar-refractivity contribution in [2.75, 3.05) is 7.05 Å². The van der Waals surface area contributed by atoms with Crippen molar-refractivity contribution in [3.8, 4) is 0 Å². The SMILES string of the molecule is CCn1cc(Br)c(CN(C)S(=O)(=O)c2ccc(C)c(C)c2)n1. The van der Waals surface area contributed by atoms with Gasteiger partial charge in [-0.2, -0.15) is 9.40 Å². The Bertz CT molecular complexity index is 784. The number of halogens is 1. The molecule has 0 aliphatic rings. The molecule has 7 heteroatoms. The molecule has 0 unspecified atom stereocenters. The number of hydrogen-bond donors (Lipinski definition) is 0. The van der Waals surface area contributed by atoms with Crippen molar-refractivity contribution in [1.82, 2.24) is 14.1 Å². The summed E-state index contributed by atoms with van der Waals surface area (Å²) in [6.45, 7) is 6.83. The molecule has 1 heterocycles. The van der Waals surface area contributed by atoms with Gasteiger partial charge in [0.05, 0.1) is 21.6 Å². The van der Waals surface area contributed by atoms with Crippen molar-refractivity contribution in [3.63, 3.8) is 0 Å². The van der Waals surface area contributed by atoms with Crippen molar-refractivity contribution in [1.29, 1.82) is 0 Å². The lowest BCUT2D eigenvalue weighted by Gasteiger charge is -2.17. The third-order valence-corrected chi connectivity index (χ3v) is 6.13. The average Bonchev–Trinajstić information content (AvgIpc) is 2.82. The van der Waals surface area contributed by atoms with Gasteiger partial charge < -0.3 is 0 Å². The van der Waals surface area contributed by atoms with Crippen molar-refractivity contribution >= 4 is 26.0 Å². The lowest BCUT2D eigenvalue weighted by atomic mass is 10.1. The first-order valence-corrected chi connectivity index (χ1v) is 9.24. The molecule has 2 rings (SSSR count). The van der Waals surface area contributed by atoms with Crippen molar-refractivity contribution < 1.29 is 8.42 Å². The van der Waals surface area contributed by atoms with Crippen molar-refractivity contribution in [3.05, 3.63) is 45.7 Å². The smallest absolute Gasteiger partial charge is 0.243 e. The van der Waals surface area contributed by atoms with Crippen LogP contribution in [0.5, 0.6) is 0 Å². The molecule has 120 valence electrons. The predicted molar refractivity (Wildman–Crippen MR) is 90.2 cm³/mol. The highest BCUT2D eigenvalue weighted by atomic mass is 79.9. The first-order chi connectivity index (χ1) is 10.3. The molecular weight excluding hydrogens is 366 g/mol. The largest absolute Gasteiger partial charge is 0.272 e. The quantitative estimate of drug-likeness (QED) is 0.794. The summed E-state index contributed by atoms with van der Waals surface area (Å²) in [5.41, 5.74) is 2.74. The summed E-state index contributed by atoms with van der Waals surface area (Å²) >= 11 is 3.43. The van der Waals surface area contributed by atoms with Crippen LogP contribution >= 0.6 is 15.9 Å². The average molecular weight is 386 g/mol. The van der Waals surface area contributed by atoms with E-state index in [1.54, 1.807) is 23.9 Å². The van der Waals surface area contributed by atoms with Gasteiger partial charge in [-0.05, 0) is 60.0 Å². The molecule has 0 radical (unpaired) electrons. The zero-order valence-electron chi connectivity index (χ0n) is 13.2. The van der Waals surface area contributed by atoms with Gasteiger partial charge in [-0.15, -0.1) is 0 Å². The Hall–Kier alpha value is -1.18. The molecule has 2 aromatic rings. The fraction of sp³-hybridized carbons (Fsp3) is 0.400. The number of nitrogens with zero attached hydrogens (tertiary/aromatic N) is 3. The van der Waals surface area contributed by atoms with Crippen LogP contribution in [-0.2, 0) is 23.1 Å². The molecule has 1 aromatic heterocycles. The third-order valence-electron chi connectivity index (χ3n) is 3.67. The fourth-order valence-corrected chi connectivity index (χ4v) is 3.72. The van der Waals surface area contributed by atoms with Crippen LogP contribution in [0.3, 0.4) is 0 Å². The Morgan fingerprint density at radius 3 is 2.50 bits per heavy atom. The maximum atomic E-state index is 12.7. The van der Waals surface area contributed by atoms with Gasteiger partial charge >= 0.3 is 0 Å². The molecule has 1 aromatic carbocycles. The van der Waals surface area contributed by atoms with E-state index in [2.05, 4.69) is 21.0 Å². The van der Waals surface area contributed by atoms with E-state index < -0.39 is 10.0 Å². The van der Waals surface area contributed by atoms with E-state index in [0.29, 0.717) is 10.6 Å². The van der Waals surface area contributed by atoms with E-state index >= 15 is 0 Å². The Kier molecular flexibility index (Phi) is 5.09. The molecule has 22 heavy (non-hydrogen) atoms. The highest BCUT2D eigenvalue weighted by molar-refractivity contribution is 9.10. The Morgan fingerprint density at radius 1 is 1.27 bits per heavy atom. The zero-order chi connectivity index (χ0) is 16.5. The number of benzene rings is 1. The van der Waals surface area contributed by atoms with Gasteiger partial charge in [0.25, 0.3) is 0 Å². The minimum atomic E-state index is -3.53. The minimum absolute atomic E-state index is 0.225. The molecule has 5 nitrogen and oxygen atoms in total. The second-order valence-electron chi connectivity index (χ2n) is 5.29. The number of aryl methyl sites for hydroxylation is 3. The topological polar surface area (TPSA) is 55.2 Å². The first kappa shape index (κ1) is 17.2. The normalized spacial score (nSPS) is 12.1. The highest BCUT2D eigenvalue weighted by Gasteiger charge is 2.23. The van der Waals surface area contributed by atoms with Gasteiger partial charge in [0.1, 0.15) is 0 Å². The third kappa shape index (κ3) is 3.42. The van der Waals surface area contributed by atoms with Gasteiger partial charge in [-0.1, -0.05) is 6.07 Å². The lowest BCUT2D eigenvalue weighted by molar-refractivity contribution is 0.458. The molecule has 0 amide bonds. The van der Waals surface area contributed by atoms with Crippen molar-refractivity contribution in [2.45, 2.75) is 38.8 Å². The van der Waals surface area contributed by atoms with Gasteiger partial charge in [0, 0.05) is 19.8 Å². The molecule has 0 aliphatic heterocycles. The summed E-state index contributed by atoms with van der Waals surface area (Å²) in [5.74, 6) is 0. The van der Waals surface area contributed by atoms with Gasteiger partial charge in [0.2, 0.25) is 10.0 Å². The van der Waals surface area contributed by atoms with Crippen LogP contribution in [0, 0.1) is 13.8 Å². The van der Waals surface area contributed by atoms with Gasteiger partial charge in [-0.25, -0.2) is 8.42 Å². The number of aromatic nitrogens is 2. The van der Waals surface area contributed by atoms with E-state index in [0.717, 1.165) is 22.1 Å². The number of sulfonamides is 1. The maximum Gasteiger partial charge on any atom is 0.243 e. The summed E-state index contributed by atoms with van der Waals surface area (Å²) in [4.78, 5) is 0.309. The second kappa shape index (κ2) is 6.52. The molecule has 0 fully saturated rings. The monoisotopic (exact) mass is 385 g/mol. The van der Waals surface area contributed by atoms with E-state index in [1.807, 2.05) is 33.0 Å². The Labute approximate surface area is 140 Å². The molecule has 0 bridgehead atoms. The van der Waals surface area contributed by atoms with E-state index in [9.17, 15) is 8.42 Å². The lowest BCUT2D eigenvalue weighted by Crippen LogP contribution is -2.27. The highest BCUT2D eigenvalue weighted by Crippen LogP contribution is 2.22. The van der Waals surface area contributed by atoms with Crippen LogP contribution in [0.1, 0.15) is 23.7 Å². The minimum Gasteiger partial charge on any atom is -0.272 e. The van der Waals surface area contributed by atoms with Crippen LogP contribution in [0.25, 0.3) is 0 Å². The Balaban J connectivity index is 2.28. The summed E-state index contributed by atoms with van der Waals surface area (Å²) < 4.78 is 29.2. The standard InChI is InChI=1S/C15H20BrN3O2S/c1-5-19-9-14(16)15(17-19)10-18(4)22(20,21)13-7-6-11(2)12(3)8-13/h6-9H,5,10H2,1-4H3. The second-order valence-corrected chi connectivity index (χ2v) is 8.19. The molecule has 0 N–H and O–H groups in total. The molecular formula is C15H20BrN3O2S. The number of hydrogen-bond acceptors (Lipinski definition) is 3. The van der Waals surface area contributed by atoms with Gasteiger partial charge in [0.15, 0.2) is 0 Å². The van der Waals surface area contributed by atoms with Crippen molar-refractivity contribution in [2.24, 2.45) is 0 Å². The molecule has 0 atom stereocenters. The van der Waals surface area contributed by atoms with E-state index in [1.165, 1.54) is 4.31 Å². The number of rotatable bonds is 5. The van der Waals surface area contributed by atoms with E-state index in [-0.39, 0.29) is 6.54 Å². The molecule has 0 saturated heterocycles. The molecule has 0 saturated carbocycles. The molecule has 0 spiro atoms. The zero-order valence-corrected chi connectivity index (χ0v) is 15.6. The molecule has 0 aliphatic carbocycles. The first-order valence-electron chi connectivity index (χ1n) is 7.01.